The molecule has 1 fully saturated rings. The first-order valence-electron chi connectivity index (χ1n) is 7.17. The highest BCUT2D eigenvalue weighted by atomic mass is 32.2. The van der Waals surface area contributed by atoms with Crippen molar-refractivity contribution >= 4 is 15.7 Å². The number of amides is 1. The Hall–Kier alpha value is -1.40. The van der Waals surface area contributed by atoms with Gasteiger partial charge in [-0.25, -0.2) is 8.42 Å². The molecule has 116 valence electrons. The molecule has 0 saturated carbocycles. The first-order valence-corrected chi connectivity index (χ1v) is 8.99. The Morgan fingerprint density at radius 2 is 2.00 bits per heavy atom. The van der Waals surface area contributed by atoms with E-state index in [0.717, 1.165) is 5.56 Å². The van der Waals surface area contributed by atoms with Crippen LogP contribution in [0.25, 0.3) is 0 Å². The van der Waals surface area contributed by atoms with E-state index in [0.29, 0.717) is 26.1 Å². The van der Waals surface area contributed by atoms with E-state index in [-0.39, 0.29) is 29.9 Å². The average molecular weight is 311 g/mol. The highest BCUT2D eigenvalue weighted by molar-refractivity contribution is 7.91. The molecule has 6 heteroatoms. The maximum Gasteiger partial charge on any atom is 0.225 e. The van der Waals surface area contributed by atoms with Gasteiger partial charge in [0.05, 0.1) is 24.0 Å². The van der Waals surface area contributed by atoms with Gasteiger partial charge in [-0.15, -0.1) is 0 Å². The molecule has 1 atom stereocenters. The lowest BCUT2D eigenvalue weighted by atomic mass is 10.1. The van der Waals surface area contributed by atoms with Crippen LogP contribution in [0.4, 0.5) is 0 Å². The van der Waals surface area contributed by atoms with E-state index in [1.807, 2.05) is 30.3 Å². The summed E-state index contributed by atoms with van der Waals surface area (Å²) in [5.41, 5.74) is 1.01. The molecule has 1 amide bonds. The van der Waals surface area contributed by atoms with E-state index in [2.05, 4.69) is 5.32 Å². The van der Waals surface area contributed by atoms with E-state index >= 15 is 0 Å². The number of sulfone groups is 1. The highest BCUT2D eigenvalue weighted by Gasteiger charge is 2.23. The largest absolute Gasteiger partial charge is 0.381 e. The molecule has 0 unspecified atom stereocenters. The van der Waals surface area contributed by atoms with Gasteiger partial charge >= 0.3 is 0 Å². The molecule has 1 N–H and O–H groups in total. The third-order valence-electron chi connectivity index (χ3n) is 3.56. The summed E-state index contributed by atoms with van der Waals surface area (Å²) in [6.45, 7) is 1.21. The first-order chi connectivity index (χ1) is 10.1. The standard InChI is InChI=1S/C15H21NO4S/c17-15(14-6-9-20-12-14)16-8-11-21(18,19)10-7-13-4-2-1-3-5-13/h1-5,14H,6-12H2,(H,16,17)/t14-/m1/s1. The molecule has 0 aliphatic carbocycles. The number of ether oxygens (including phenoxy) is 1. The Morgan fingerprint density at radius 1 is 1.24 bits per heavy atom. The van der Waals surface area contributed by atoms with Gasteiger partial charge < -0.3 is 10.1 Å². The third kappa shape index (κ3) is 5.47. The van der Waals surface area contributed by atoms with Crippen LogP contribution in [0.15, 0.2) is 30.3 Å². The van der Waals surface area contributed by atoms with Crippen LogP contribution in [0, 0.1) is 5.92 Å². The SMILES string of the molecule is O=C(NCCS(=O)(=O)CCc1ccccc1)[C@@H]1CCOC1. The number of carbonyl (C=O) groups is 1. The Bertz CT molecular complexity index is 550. The molecule has 1 aromatic carbocycles. The summed E-state index contributed by atoms with van der Waals surface area (Å²) in [4.78, 5) is 11.7. The molecule has 1 saturated heterocycles. The summed E-state index contributed by atoms with van der Waals surface area (Å²) >= 11 is 0. The second-order valence-electron chi connectivity index (χ2n) is 5.24. The van der Waals surface area contributed by atoms with Gasteiger partial charge in [-0.3, -0.25) is 4.79 Å². The molecular formula is C15H21NO4S. The van der Waals surface area contributed by atoms with Crippen molar-refractivity contribution in [2.45, 2.75) is 12.8 Å². The molecule has 0 bridgehead atoms. The zero-order valence-electron chi connectivity index (χ0n) is 12.0. The zero-order valence-corrected chi connectivity index (χ0v) is 12.8. The number of nitrogens with one attached hydrogen (secondary N) is 1. The van der Waals surface area contributed by atoms with E-state index in [1.165, 1.54) is 0 Å². The normalized spacial score (nSPS) is 18.6. The van der Waals surface area contributed by atoms with Crippen molar-refractivity contribution in [2.75, 3.05) is 31.3 Å². The van der Waals surface area contributed by atoms with Gasteiger partial charge in [0.15, 0.2) is 9.84 Å². The second-order valence-corrected chi connectivity index (χ2v) is 7.54. The molecule has 1 aromatic rings. The van der Waals surface area contributed by atoms with Crippen molar-refractivity contribution < 1.29 is 17.9 Å². The van der Waals surface area contributed by atoms with Crippen LogP contribution in [-0.4, -0.2) is 45.6 Å². The van der Waals surface area contributed by atoms with Crippen LogP contribution in [-0.2, 0) is 25.8 Å². The van der Waals surface area contributed by atoms with Crippen molar-refractivity contribution in [1.29, 1.82) is 0 Å². The van der Waals surface area contributed by atoms with Crippen LogP contribution in [0.1, 0.15) is 12.0 Å². The minimum Gasteiger partial charge on any atom is -0.381 e. The van der Waals surface area contributed by atoms with Crippen LogP contribution in [0.2, 0.25) is 0 Å². The number of rotatable bonds is 7. The summed E-state index contributed by atoms with van der Waals surface area (Å²) in [7, 11) is -3.14. The number of carbonyl (C=O) groups excluding carboxylic acids is 1. The van der Waals surface area contributed by atoms with Gasteiger partial charge in [-0.05, 0) is 18.4 Å². The summed E-state index contributed by atoms with van der Waals surface area (Å²) in [6.07, 6.45) is 1.22. The van der Waals surface area contributed by atoms with Crippen LogP contribution in [0.3, 0.4) is 0 Å². The van der Waals surface area contributed by atoms with Crippen molar-refractivity contribution in [3.8, 4) is 0 Å². The van der Waals surface area contributed by atoms with Gasteiger partial charge in [0.2, 0.25) is 5.91 Å². The van der Waals surface area contributed by atoms with E-state index in [9.17, 15) is 13.2 Å². The Balaban J connectivity index is 1.70. The Morgan fingerprint density at radius 3 is 2.67 bits per heavy atom. The molecule has 5 nitrogen and oxygen atoms in total. The third-order valence-corrected chi connectivity index (χ3v) is 5.21. The van der Waals surface area contributed by atoms with E-state index in [4.69, 9.17) is 4.74 Å². The topological polar surface area (TPSA) is 72.5 Å². The maximum absolute atomic E-state index is 11.9. The van der Waals surface area contributed by atoms with E-state index < -0.39 is 9.84 Å². The summed E-state index contributed by atoms with van der Waals surface area (Å²) < 4.78 is 29.0. The molecule has 1 heterocycles. The van der Waals surface area contributed by atoms with Gasteiger partial charge in [0, 0.05) is 13.2 Å². The van der Waals surface area contributed by atoms with E-state index in [1.54, 1.807) is 0 Å². The number of hydrogen-bond donors (Lipinski definition) is 1. The number of hydrogen-bond acceptors (Lipinski definition) is 4. The first kappa shape index (κ1) is 16.0. The average Bonchev–Trinajstić information content (AvgIpc) is 3.00. The predicted molar refractivity (Wildman–Crippen MR) is 80.7 cm³/mol. The van der Waals surface area contributed by atoms with Crippen LogP contribution < -0.4 is 5.32 Å². The lowest BCUT2D eigenvalue weighted by molar-refractivity contribution is -0.124. The monoisotopic (exact) mass is 311 g/mol. The maximum atomic E-state index is 11.9. The molecule has 2 rings (SSSR count). The molecule has 21 heavy (non-hydrogen) atoms. The minimum atomic E-state index is -3.14. The Labute approximate surface area is 125 Å². The lowest BCUT2D eigenvalue weighted by Gasteiger charge is -2.09. The van der Waals surface area contributed by atoms with Gasteiger partial charge in [0.1, 0.15) is 0 Å². The second kappa shape index (κ2) is 7.56. The van der Waals surface area contributed by atoms with Crippen LogP contribution >= 0.6 is 0 Å². The van der Waals surface area contributed by atoms with Gasteiger partial charge in [-0.2, -0.15) is 0 Å². The molecular weight excluding hydrogens is 290 g/mol. The molecule has 0 radical (unpaired) electrons. The minimum absolute atomic E-state index is 0.0147. The highest BCUT2D eigenvalue weighted by Crippen LogP contribution is 2.11. The lowest BCUT2D eigenvalue weighted by Crippen LogP contribution is -2.35. The number of aryl methyl sites for hydroxylation is 1. The predicted octanol–water partition coefficient (Wildman–Crippen LogP) is 0.797. The number of benzene rings is 1. The Kier molecular flexibility index (Phi) is 5.76. The fourth-order valence-electron chi connectivity index (χ4n) is 2.24. The van der Waals surface area contributed by atoms with Crippen molar-refractivity contribution in [1.82, 2.24) is 5.32 Å². The van der Waals surface area contributed by atoms with Crippen LogP contribution in [0.5, 0.6) is 0 Å². The van der Waals surface area contributed by atoms with Crippen molar-refractivity contribution in [2.24, 2.45) is 5.92 Å². The van der Waals surface area contributed by atoms with Gasteiger partial charge in [0.25, 0.3) is 0 Å². The summed E-state index contributed by atoms with van der Waals surface area (Å²) in [5, 5.41) is 2.68. The molecule has 0 spiro atoms. The molecule has 1 aliphatic heterocycles. The molecule has 0 aromatic heterocycles. The van der Waals surface area contributed by atoms with Crippen molar-refractivity contribution in [3.63, 3.8) is 0 Å². The summed E-state index contributed by atoms with van der Waals surface area (Å²) in [5.74, 6) is -0.138. The molecule has 1 aliphatic rings. The quantitative estimate of drug-likeness (QED) is 0.808. The summed E-state index contributed by atoms with van der Waals surface area (Å²) in [6, 6.07) is 9.52. The fourth-order valence-corrected chi connectivity index (χ4v) is 3.40. The van der Waals surface area contributed by atoms with Gasteiger partial charge in [-0.1, -0.05) is 30.3 Å². The zero-order chi connectivity index (χ0) is 15.1. The smallest absolute Gasteiger partial charge is 0.225 e. The fraction of sp³-hybridized carbons (Fsp3) is 0.533. The van der Waals surface area contributed by atoms with Crippen molar-refractivity contribution in [3.05, 3.63) is 35.9 Å².